The third-order valence-electron chi connectivity index (χ3n) is 7.11. The van der Waals surface area contributed by atoms with Gasteiger partial charge in [-0.05, 0) is 69.3 Å². The number of rotatable bonds is 10. The highest BCUT2D eigenvalue weighted by atomic mass is 16.5. The second-order valence-electron chi connectivity index (χ2n) is 10.2. The van der Waals surface area contributed by atoms with E-state index in [9.17, 15) is 4.79 Å². The Balaban J connectivity index is 1.47. The molecule has 0 spiro atoms. The normalized spacial score (nSPS) is 16.8. The first-order valence-electron chi connectivity index (χ1n) is 13.1. The SMILES string of the molecule is CCCCN(C)Cc1cccc(-c2cc(C(=O)NC3CCOCC3)c3cnn(CC4CC4)c3n2)c1. The van der Waals surface area contributed by atoms with Gasteiger partial charge < -0.3 is 15.0 Å². The highest BCUT2D eigenvalue weighted by molar-refractivity contribution is 6.06. The molecule has 2 aliphatic rings. The fraction of sp³-hybridized carbons (Fsp3) is 0.536. The van der Waals surface area contributed by atoms with E-state index in [1.807, 2.05) is 16.9 Å². The molecule has 0 unspecified atom stereocenters. The second kappa shape index (κ2) is 10.9. The first-order chi connectivity index (χ1) is 17.1. The Labute approximate surface area is 207 Å². The van der Waals surface area contributed by atoms with Crippen LogP contribution in [0.3, 0.4) is 0 Å². The summed E-state index contributed by atoms with van der Waals surface area (Å²) in [6, 6.07) is 10.6. The first kappa shape index (κ1) is 23.9. The Morgan fingerprint density at radius 3 is 2.80 bits per heavy atom. The van der Waals surface area contributed by atoms with Gasteiger partial charge in [-0.1, -0.05) is 31.5 Å². The van der Waals surface area contributed by atoms with Gasteiger partial charge >= 0.3 is 0 Å². The molecule has 35 heavy (non-hydrogen) atoms. The van der Waals surface area contributed by atoms with Crippen LogP contribution in [0.2, 0.25) is 0 Å². The molecule has 7 nitrogen and oxygen atoms in total. The minimum absolute atomic E-state index is 0.0491. The van der Waals surface area contributed by atoms with Gasteiger partial charge in [0, 0.05) is 37.9 Å². The van der Waals surface area contributed by atoms with Crippen LogP contribution in [0.4, 0.5) is 0 Å². The topological polar surface area (TPSA) is 72.3 Å². The zero-order valence-electron chi connectivity index (χ0n) is 21.0. The van der Waals surface area contributed by atoms with Crippen molar-refractivity contribution in [2.75, 3.05) is 26.8 Å². The van der Waals surface area contributed by atoms with Crippen LogP contribution in [0, 0.1) is 5.92 Å². The molecule has 3 aromatic rings. The highest BCUT2D eigenvalue weighted by Gasteiger charge is 2.25. The van der Waals surface area contributed by atoms with E-state index in [4.69, 9.17) is 9.72 Å². The van der Waals surface area contributed by atoms with E-state index in [1.54, 1.807) is 0 Å². The maximum Gasteiger partial charge on any atom is 0.252 e. The molecule has 1 saturated carbocycles. The Kier molecular flexibility index (Phi) is 7.44. The molecule has 0 bridgehead atoms. The van der Waals surface area contributed by atoms with Gasteiger partial charge in [0.1, 0.15) is 0 Å². The standard InChI is InChI=1S/C28H37N5O2/c1-3-4-12-32(2)18-21-6-5-7-22(15-21)26-16-24(28(34)30-23-10-13-35-14-11-23)25-17-29-33(27(25)31-26)19-20-8-9-20/h5-7,15-17,20,23H,3-4,8-14,18-19H2,1-2H3,(H,30,34). The van der Waals surface area contributed by atoms with Crippen molar-refractivity contribution in [1.82, 2.24) is 25.0 Å². The average Bonchev–Trinajstić information content (AvgIpc) is 3.61. The number of pyridine rings is 1. The van der Waals surface area contributed by atoms with Gasteiger partial charge in [-0.2, -0.15) is 5.10 Å². The summed E-state index contributed by atoms with van der Waals surface area (Å²) in [5.74, 6) is 0.622. The van der Waals surface area contributed by atoms with E-state index in [2.05, 4.69) is 53.6 Å². The van der Waals surface area contributed by atoms with E-state index in [1.165, 1.54) is 31.2 Å². The van der Waals surface area contributed by atoms with E-state index in [0.29, 0.717) is 24.7 Å². The quantitative estimate of drug-likeness (QED) is 0.462. The lowest BCUT2D eigenvalue weighted by Gasteiger charge is -2.23. The van der Waals surface area contributed by atoms with Crippen molar-refractivity contribution in [3.8, 4) is 11.3 Å². The Morgan fingerprint density at radius 2 is 2.03 bits per heavy atom. The third-order valence-corrected chi connectivity index (χ3v) is 7.11. The minimum atomic E-state index is -0.0491. The Hall–Kier alpha value is -2.77. The van der Waals surface area contributed by atoms with Crippen LogP contribution in [0.5, 0.6) is 0 Å². The van der Waals surface area contributed by atoms with Gasteiger partial charge in [-0.3, -0.25) is 4.79 Å². The van der Waals surface area contributed by atoms with Crippen molar-refractivity contribution < 1.29 is 9.53 Å². The molecule has 0 radical (unpaired) electrons. The summed E-state index contributed by atoms with van der Waals surface area (Å²) in [4.78, 5) is 20.8. The number of hydrogen-bond donors (Lipinski definition) is 1. The van der Waals surface area contributed by atoms with Crippen LogP contribution >= 0.6 is 0 Å². The van der Waals surface area contributed by atoms with Crippen LogP contribution < -0.4 is 5.32 Å². The Morgan fingerprint density at radius 1 is 1.20 bits per heavy atom. The van der Waals surface area contributed by atoms with Crippen molar-refractivity contribution in [2.24, 2.45) is 5.92 Å². The lowest BCUT2D eigenvalue weighted by molar-refractivity contribution is 0.0697. The largest absolute Gasteiger partial charge is 0.381 e. The molecule has 1 N–H and O–H groups in total. The average molecular weight is 476 g/mol. The van der Waals surface area contributed by atoms with Crippen molar-refractivity contribution in [1.29, 1.82) is 0 Å². The highest BCUT2D eigenvalue weighted by Crippen LogP contribution is 2.32. The van der Waals surface area contributed by atoms with Gasteiger partial charge in [0.25, 0.3) is 5.91 Å². The fourth-order valence-electron chi connectivity index (χ4n) is 4.81. The third kappa shape index (κ3) is 5.90. The molecule has 1 aliphatic carbocycles. The molecule has 3 heterocycles. The summed E-state index contributed by atoms with van der Waals surface area (Å²) in [7, 11) is 2.17. The summed E-state index contributed by atoms with van der Waals surface area (Å²) in [6.45, 7) is 6.46. The van der Waals surface area contributed by atoms with E-state index >= 15 is 0 Å². The number of ether oxygens (including phenoxy) is 1. The number of amides is 1. The maximum atomic E-state index is 13.4. The molecule has 2 aromatic heterocycles. The summed E-state index contributed by atoms with van der Waals surface area (Å²) < 4.78 is 7.45. The molecule has 1 aliphatic heterocycles. The number of carbonyl (C=O) groups excluding carboxylic acids is 1. The van der Waals surface area contributed by atoms with Crippen LogP contribution in [-0.4, -0.2) is 58.4 Å². The van der Waals surface area contributed by atoms with Gasteiger partial charge in [0.2, 0.25) is 0 Å². The number of carbonyl (C=O) groups is 1. The summed E-state index contributed by atoms with van der Waals surface area (Å²) in [5.41, 5.74) is 4.57. The number of fused-ring (bicyclic) bond motifs is 1. The smallest absolute Gasteiger partial charge is 0.252 e. The molecule has 5 rings (SSSR count). The monoisotopic (exact) mass is 475 g/mol. The molecule has 0 atom stereocenters. The number of aromatic nitrogens is 3. The summed E-state index contributed by atoms with van der Waals surface area (Å²) in [6.07, 6.45) is 8.39. The molecule has 186 valence electrons. The van der Waals surface area contributed by atoms with Gasteiger partial charge in [-0.25, -0.2) is 9.67 Å². The van der Waals surface area contributed by atoms with Crippen LogP contribution in [0.25, 0.3) is 22.3 Å². The number of unbranched alkanes of at least 4 members (excludes halogenated alkanes) is 1. The fourth-order valence-corrected chi connectivity index (χ4v) is 4.81. The predicted octanol–water partition coefficient (Wildman–Crippen LogP) is 4.65. The van der Waals surface area contributed by atoms with E-state index in [-0.39, 0.29) is 11.9 Å². The van der Waals surface area contributed by atoms with Crippen molar-refractivity contribution in [3.05, 3.63) is 47.7 Å². The number of nitrogens with one attached hydrogen (secondary N) is 1. The van der Waals surface area contributed by atoms with Gasteiger partial charge in [-0.15, -0.1) is 0 Å². The second-order valence-corrected chi connectivity index (χ2v) is 10.2. The van der Waals surface area contributed by atoms with Crippen molar-refractivity contribution in [3.63, 3.8) is 0 Å². The van der Waals surface area contributed by atoms with Crippen molar-refractivity contribution >= 4 is 16.9 Å². The molecular weight excluding hydrogens is 438 g/mol. The van der Waals surface area contributed by atoms with Crippen LogP contribution in [0.1, 0.15) is 61.4 Å². The molecular formula is C28H37N5O2. The van der Waals surface area contributed by atoms with Crippen LogP contribution in [-0.2, 0) is 17.8 Å². The zero-order valence-corrected chi connectivity index (χ0v) is 21.0. The predicted molar refractivity (Wildman–Crippen MR) is 138 cm³/mol. The molecule has 1 amide bonds. The Bertz CT molecular complexity index is 1160. The molecule has 1 aromatic carbocycles. The first-order valence-corrected chi connectivity index (χ1v) is 13.1. The summed E-state index contributed by atoms with van der Waals surface area (Å²) >= 11 is 0. The summed E-state index contributed by atoms with van der Waals surface area (Å²) in [5, 5.41) is 8.70. The number of benzene rings is 1. The zero-order chi connectivity index (χ0) is 24.2. The number of hydrogen-bond acceptors (Lipinski definition) is 5. The number of nitrogens with zero attached hydrogens (tertiary/aromatic N) is 4. The lowest BCUT2D eigenvalue weighted by Crippen LogP contribution is -2.39. The minimum Gasteiger partial charge on any atom is -0.381 e. The lowest BCUT2D eigenvalue weighted by atomic mass is 10.0. The van der Waals surface area contributed by atoms with Gasteiger partial charge in [0.15, 0.2) is 5.65 Å². The van der Waals surface area contributed by atoms with Crippen molar-refractivity contribution in [2.45, 2.75) is 64.6 Å². The molecule has 7 heteroatoms. The maximum absolute atomic E-state index is 13.4. The molecule has 1 saturated heterocycles. The van der Waals surface area contributed by atoms with E-state index < -0.39 is 0 Å². The van der Waals surface area contributed by atoms with Gasteiger partial charge in [0.05, 0.1) is 22.8 Å². The van der Waals surface area contributed by atoms with E-state index in [0.717, 1.165) is 54.8 Å². The molecule has 2 fully saturated rings. The van der Waals surface area contributed by atoms with Crippen LogP contribution in [0.15, 0.2) is 36.5 Å².